The number of hydrogen-bond donors (Lipinski definition) is 0. The summed E-state index contributed by atoms with van der Waals surface area (Å²) in [5.74, 6) is 0.229. The molecule has 0 saturated carbocycles. The molecule has 0 saturated heterocycles. The number of para-hydroxylation sites is 3. The second kappa shape index (κ2) is 11.4. The molecule has 0 amide bonds. The maximum atomic E-state index is 9.24. The normalized spacial score (nSPS) is 14.7. The van der Waals surface area contributed by atoms with Crippen molar-refractivity contribution in [2.24, 2.45) is 0 Å². The van der Waals surface area contributed by atoms with Crippen LogP contribution in [0, 0.1) is 0 Å². The summed E-state index contributed by atoms with van der Waals surface area (Å²) in [4.78, 5) is 14.5. The molecule has 0 bridgehead atoms. The van der Waals surface area contributed by atoms with Crippen LogP contribution in [0.5, 0.6) is 0 Å². The third-order valence-corrected chi connectivity index (χ3v) is 8.61. The van der Waals surface area contributed by atoms with Crippen molar-refractivity contribution in [2.75, 3.05) is 0 Å². The molecule has 10 aromatic rings. The van der Waals surface area contributed by atoms with Gasteiger partial charge in [0, 0.05) is 38.2 Å². The Balaban J connectivity index is 1.27. The third kappa shape index (κ3) is 4.67. The molecule has 3 aromatic heterocycles. The van der Waals surface area contributed by atoms with Crippen LogP contribution in [0.4, 0.5) is 0 Å². The minimum absolute atomic E-state index is 0.132. The number of furan rings is 2. The Bertz CT molecular complexity index is 3470. The number of rotatable bonds is 5. The van der Waals surface area contributed by atoms with Gasteiger partial charge in [0.2, 0.25) is 0 Å². The quantitative estimate of drug-likeness (QED) is 0.185. The second-order valence-corrected chi connectivity index (χ2v) is 11.6. The largest absolute Gasteiger partial charge is 0.456 e. The number of benzene rings is 7. The number of hydrogen-bond acceptors (Lipinski definition) is 5. The van der Waals surface area contributed by atoms with Crippen LogP contribution in [0.2, 0.25) is 0 Å². The maximum Gasteiger partial charge on any atom is 0.167 e. The molecule has 0 spiro atoms. The van der Waals surface area contributed by atoms with Crippen LogP contribution in [0.15, 0.2) is 172 Å². The van der Waals surface area contributed by atoms with Gasteiger partial charge < -0.3 is 8.83 Å². The smallest absolute Gasteiger partial charge is 0.167 e. The summed E-state index contributed by atoms with van der Waals surface area (Å²) in [6, 6.07) is 23.6. The van der Waals surface area contributed by atoms with Crippen molar-refractivity contribution in [3.8, 4) is 56.4 Å². The molecule has 0 aliphatic carbocycles. The molecule has 50 heavy (non-hydrogen) atoms. The van der Waals surface area contributed by atoms with Gasteiger partial charge in [-0.3, -0.25) is 0 Å². The van der Waals surface area contributed by atoms with Crippen LogP contribution >= 0.6 is 0 Å². The van der Waals surface area contributed by atoms with E-state index in [0.717, 1.165) is 21.9 Å². The number of nitrogens with zero attached hydrogens (tertiary/aromatic N) is 3. The molecule has 0 fully saturated rings. The van der Waals surface area contributed by atoms with Gasteiger partial charge in [-0.05, 0) is 40.9 Å². The monoisotopic (exact) mass is 652 g/mol. The van der Waals surface area contributed by atoms with E-state index in [1.165, 1.54) is 0 Å². The second-order valence-electron chi connectivity index (χ2n) is 11.6. The van der Waals surface area contributed by atoms with E-state index < -0.39 is 72.0 Å². The van der Waals surface area contributed by atoms with Gasteiger partial charge in [-0.25, -0.2) is 15.0 Å². The van der Waals surface area contributed by atoms with Gasteiger partial charge in [-0.2, -0.15) is 0 Å². The van der Waals surface area contributed by atoms with E-state index in [2.05, 4.69) is 0 Å². The Morgan fingerprint density at radius 1 is 0.380 bits per heavy atom. The Morgan fingerprint density at radius 3 is 1.78 bits per heavy atom. The van der Waals surface area contributed by atoms with Crippen molar-refractivity contribution in [3.05, 3.63) is 164 Å². The van der Waals surface area contributed by atoms with E-state index in [9.17, 15) is 1.37 Å². The molecule has 0 unspecified atom stereocenters. The van der Waals surface area contributed by atoms with Gasteiger partial charge in [-0.15, -0.1) is 0 Å². The topological polar surface area (TPSA) is 65.0 Å². The van der Waals surface area contributed by atoms with Gasteiger partial charge in [0.25, 0.3) is 0 Å². The standard InChI is InChI=1S/C45H27N3O2/c1-3-11-28(12-4-1)29-21-23-31(24-22-29)43-46-44(32-25-26-35-34-15-7-8-20-39(34)49-40(35)27-32)48-45(47-43)38-19-10-18-37-36-17-9-16-33(41(36)50-42(37)38)30-13-5-2-6-14-30/h1-27H/i2D,5D,6D,9D,10D,13D,14D,16D,17D,18D,19D. The predicted molar refractivity (Wildman–Crippen MR) is 202 cm³/mol. The van der Waals surface area contributed by atoms with E-state index >= 15 is 0 Å². The lowest BCUT2D eigenvalue weighted by Gasteiger charge is -2.09. The van der Waals surface area contributed by atoms with Crippen molar-refractivity contribution in [1.82, 2.24) is 15.0 Å². The van der Waals surface area contributed by atoms with Crippen molar-refractivity contribution < 1.29 is 23.9 Å². The van der Waals surface area contributed by atoms with E-state index in [1.807, 2.05) is 91.0 Å². The zero-order valence-electron chi connectivity index (χ0n) is 36.9. The lowest BCUT2D eigenvalue weighted by atomic mass is 10.0. The Labute approximate surface area is 302 Å². The minimum Gasteiger partial charge on any atom is -0.456 e. The summed E-state index contributed by atoms with van der Waals surface area (Å²) < 4.78 is 109. The fourth-order valence-electron chi connectivity index (χ4n) is 6.21. The average Bonchev–Trinajstić information content (AvgIpc) is 3.86. The highest BCUT2D eigenvalue weighted by Gasteiger charge is 2.20. The molecule has 3 heterocycles. The van der Waals surface area contributed by atoms with Crippen LogP contribution in [0.1, 0.15) is 15.1 Å². The summed E-state index contributed by atoms with van der Waals surface area (Å²) >= 11 is 0. The fourth-order valence-corrected chi connectivity index (χ4v) is 6.21. The SMILES string of the molecule is [2H]c1c([2H])c([2H])c(-c2c([2H])c([2H])c([2H])c3c2oc2c(-c4nc(-c5ccc(-c6ccccc6)cc5)nc(-c5ccc6c(c5)oc5ccccc56)n4)c([2H])c([2H])c([2H])c23)c([2H])c1[2H]. The summed E-state index contributed by atoms with van der Waals surface area (Å²) in [6.07, 6.45) is 0. The molecule has 0 aliphatic rings. The summed E-state index contributed by atoms with van der Waals surface area (Å²) in [5.41, 5.74) is 2.78. The van der Waals surface area contributed by atoms with E-state index in [-0.39, 0.29) is 50.5 Å². The lowest BCUT2D eigenvalue weighted by Crippen LogP contribution is -2.00. The maximum absolute atomic E-state index is 9.24. The van der Waals surface area contributed by atoms with E-state index in [1.54, 1.807) is 6.07 Å². The summed E-state index contributed by atoms with van der Waals surface area (Å²) in [6.45, 7) is 0. The van der Waals surface area contributed by atoms with Crippen molar-refractivity contribution in [1.29, 1.82) is 0 Å². The van der Waals surface area contributed by atoms with Gasteiger partial charge in [0.1, 0.15) is 22.3 Å². The van der Waals surface area contributed by atoms with Gasteiger partial charge in [0.15, 0.2) is 17.5 Å². The molecule has 0 aliphatic heterocycles. The van der Waals surface area contributed by atoms with Crippen molar-refractivity contribution in [2.45, 2.75) is 0 Å². The zero-order valence-corrected chi connectivity index (χ0v) is 25.9. The van der Waals surface area contributed by atoms with Crippen LogP contribution in [0.3, 0.4) is 0 Å². The molecule has 10 rings (SSSR count). The Morgan fingerprint density at radius 2 is 0.980 bits per heavy atom. The molecule has 5 nitrogen and oxygen atoms in total. The number of aromatic nitrogens is 3. The minimum atomic E-state index is -0.687. The van der Waals surface area contributed by atoms with Crippen LogP contribution in [-0.2, 0) is 0 Å². The first kappa shape index (κ1) is 19.2. The average molecular weight is 653 g/mol. The first-order valence-corrected chi connectivity index (χ1v) is 15.7. The first-order chi connectivity index (χ1) is 29.3. The van der Waals surface area contributed by atoms with Crippen LogP contribution < -0.4 is 0 Å². The van der Waals surface area contributed by atoms with Crippen molar-refractivity contribution in [3.63, 3.8) is 0 Å². The molecule has 0 atom stereocenters. The molecule has 5 heteroatoms. The highest BCUT2D eigenvalue weighted by Crippen LogP contribution is 2.40. The lowest BCUT2D eigenvalue weighted by molar-refractivity contribution is 0.669. The summed E-state index contributed by atoms with van der Waals surface area (Å²) in [7, 11) is 0. The van der Waals surface area contributed by atoms with Gasteiger partial charge in [0.05, 0.1) is 20.6 Å². The molecular formula is C45H27N3O2. The number of fused-ring (bicyclic) bond motifs is 6. The molecule has 0 radical (unpaired) electrons. The Hall–Kier alpha value is -6.85. The third-order valence-electron chi connectivity index (χ3n) is 8.61. The molecule has 0 N–H and O–H groups in total. The molecule has 7 aromatic carbocycles. The Kier molecular flexibility index (Phi) is 4.38. The highest BCUT2D eigenvalue weighted by atomic mass is 16.3. The fraction of sp³-hybridized carbons (Fsp3) is 0. The first-order valence-electron chi connectivity index (χ1n) is 21.2. The molecule has 234 valence electrons. The highest BCUT2D eigenvalue weighted by molar-refractivity contribution is 6.12. The zero-order chi connectivity index (χ0) is 42.6. The predicted octanol–water partition coefficient (Wildman–Crippen LogP) is 12.0. The van der Waals surface area contributed by atoms with Gasteiger partial charge >= 0.3 is 0 Å². The molecular weight excluding hydrogens is 615 g/mol. The van der Waals surface area contributed by atoms with E-state index in [4.69, 9.17) is 37.5 Å². The summed E-state index contributed by atoms with van der Waals surface area (Å²) in [5, 5.41) is 1.42. The van der Waals surface area contributed by atoms with E-state index in [0.29, 0.717) is 22.3 Å². The van der Waals surface area contributed by atoms with Crippen LogP contribution in [0.25, 0.3) is 100 Å². The van der Waals surface area contributed by atoms with Crippen LogP contribution in [-0.4, -0.2) is 15.0 Å². The van der Waals surface area contributed by atoms with Crippen molar-refractivity contribution >= 4 is 43.9 Å². The van der Waals surface area contributed by atoms with Gasteiger partial charge in [-0.1, -0.05) is 139 Å².